The number of benzene rings is 1. The lowest BCUT2D eigenvalue weighted by Crippen LogP contribution is -2.44. The molecule has 5 rings (SSSR count). The summed E-state index contributed by atoms with van der Waals surface area (Å²) >= 11 is 0. The van der Waals surface area contributed by atoms with Crippen LogP contribution in [0.1, 0.15) is 108 Å². The van der Waals surface area contributed by atoms with E-state index in [9.17, 15) is 10.5 Å². The van der Waals surface area contributed by atoms with Gasteiger partial charge in [-0.2, -0.15) is 10.5 Å². The first-order valence-electron chi connectivity index (χ1n) is 13.0. The van der Waals surface area contributed by atoms with Crippen molar-refractivity contribution in [2.75, 3.05) is 0 Å². The lowest BCUT2D eigenvalue weighted by molar-refractivity contribution is 0.125. The minimum Gasteiger partial charge on any atom is -0.374 e. The molecule has 2 aromatic rings. The van der Waals surface area contributed by atoms with Gasteiger partial charge in [0.05, 0.1) is 5.54 Å². The van der Waals surface area contributed by atoms with Crippen molar-refractivity contribution < 1.29 is 0 Å². The number of hydrogen-bond donors (Lipinski definition) is 1. The number of rotatable bonds is 3. The fraction of sp³-hybridized carbons (Fsp3) is 0.484. The second kappa shape index (κ2) is 7.53. The highest BCUT2D eigenvalue weighted by Crippen LogP contribution is 2.63. The zero-order valence-corrected chi connectivity index (χ0v) is 22.7. The van der Waals surface area contributed by atoms with Gasteiger partial charge in [0.15, 0.2) is 5.82 Å². The van der Waals surface area contributed by atoms with Gasteiger partial charge in [-0.3, -0.25) is 0 Å². The topological polar surface area (TPSA) is 85.4 Å². The fourth-order valence-electron chi connectivity index (χ4n) is 7.03. The van der Waals surface area contributed by atoms with E-state index in [0.717, 1.165) is 24.1 Å². The van der Waals surface area contributed by atoms with Crippen LogP contribution in [0.25, 0.3) is 11.3 Å². The molecule has 1 aliphatic carbocycles. The van der Waals surface area contributed by atoms with Crippen LogP contribution >= 0.6 is 0 Å². The van der Waals surface area contributed by atoms with Gasteiger partial charge >= 0.3 is 0 Å². The summed E-state index contributed by atoms with van der Waals surface area (Å²) in [5, 5.41) is 23.0. The number of nitriles is 2. The molecule has 3 aliphatic rings. The van der Waals surface area contributed by atoms with Crippen molar-refractivity contribution in [3.63, 3.8) is 0 Å². The van der Waals surface area contributed by atoms with Gasteiger partial charge in [-0.05, 0) is 57.9 Å². The summed E-state index contributed by atoms with van der Waals surface area (Å²) in [6.45, 7) is 18.8. The summed E-state index contributed by atoms with van der Waals surface area (Å²) in [4.78, 5) is 9.08. The fourth-order valence-corrected chi connectivity index (χ4v) is 7.03. The predicted molar refractivity (Wildman–Crippen MR) is 143 cm³/mol. The van der Waals surface area contributed by atoms with Gasteiger partial charge in [0, 0.05) is 28.8 Å². The molecule has 0 radical (unpaired) electrons. The lowest BCUT2D eigenvalue weighted by Gasteiger charge is -2.44. The normalized spacial score (nSPS) is 25.9. The molecule has 0 saturated heterocycles. The zero-order chi connectivity index (χ0) is 26.3. The second-order valence-electron chi connectivity index (χ2n) is 12.1. The summed E-state index contributed by atoms with van der Waals surface area (Å²) in [5.74, 6) is 0.545. The molecular formula is C31H35N5. The average Bonchev–Trinajstić information content (AvgIpc) is 3.11. The van der Waals surface area contributed by atoms with Crippen LogP contribution in [0.3, 0.4) is 0 Å². The van der Waals surface area contributed by atoms with Crippen molar-refractivity contribution in [3.8, 4) is 12.1 Å². The highest BCUT2D eigenvalue weighted by atomic mass is 15.0. The van der Waals surface area contributed by atoms with Crippen LogP contribution in [-0.2, 0) is 16.4 Å². The minimum atomic E-state index is -0.320. The Morgan fingerprint density at radius 3 is 1.94 bits per heavy atom. The second-order valence-corrected chi connectivity index (χ2v) is 12.1. The van der Waals surface area contributed by atoms with Crippen LogP contribution in [0.4, 0.5) is 0 Å². The Kier molecular flexibility index (Phi) is 5.08. The maximum Gasteiger partial charge on any atom is 0.158 e. The molecule has 0 fully saturated rings. The van der Waals surface area contributed by atoms with E-state index >= 15 is 0 Å². The molecule has 0 spiro atoms. The summed E-state index contributed by atoms with van der Waals surface area (Å²) in [6.07, 6.45) is 6.00. The van der Waals surface area contributed by atoms with Crippen molar-refractivity contribution in [1.82, 2.24) is 15.3 Å². The highest BCUT2D eigenvalue weighted by Gasteiger charge is 2.58. The number of nitrogens with zero attached hydrogens (tertiary/aromatic N) is 4. The number of fused-ring (bicyclic) bond motifs is 6. The molecule has 2 bridgehead atoms. The van der Waals surface area contributed by atoms with E-state index in [-0.39, 0.29) is 39.1 Å². The molecule has 1 aromatic heterocycles. The zero-order valence-electron chi connectivity index (χ0n) is 22.7. The van der Waals surface area contributed by atoms with Gasteiger partial charge in [0.25, 0.3) is 0 Å². The number of allylic oxidation sites excluding steroid dienone is 2. The first kappa shape index (κ1) is 24.3. The van der Waals surface area contributed by atoms with E-state index < -0.39 is 0 Å². The Bertz CT molecular complexity index is 1410. The molecule has 2 aliphatic heterocycles. The summed E-state index contributed by atoms with van der Waals surface area (Å²) < 4.78 is 0. The molecule has 0 amide bonds. The van der Waals surface area contributed by atoms with Gasteiger partial charge in [-0.25, -0.2) is 9.97 Å². The van der Waals surface area contributed by atoms with Crippen LogP contribution < -0.4 is 5.32 Å². The van der Waals surface area contributed by atoms with E-state index in [0.29, 0.717) is 5.82 Å². The quantitative estimate of drug-likeness (QED) is 0.546. The third kappa shape index (κ3) is 2.81. The molecular weight excluding hydrogens is 442 g/mol. The van der Waals surface area contributed by atoms with Crippen molar-refractivity contribution in [2.24, 2.45) is 11.3 Å². The van der Waals surface area contributed by atoms with Gasteiger partial charge in [-0.15, -0.1) is 0 Å². The van der Waals surface area contributed by atoms with E-state index in [4.69, 9.17) is 0 Å². The molecule has 5 heteroatoms. The Morgan fingerprint density at radius 1 is 0.833 bits per heavy atom. The van der Waals surface area contributed by atoms with Crippen molar-refractivity contribution in [2.45, 2.75) is 84.6 Å². The highest BCUT2D eigenvalue weighted by molar-refractivity contribution is 5.83. The van der Waals surface area contributed by atoms with Crippen molar-refractivity contribution in [3.05, 3.63) is 69.8 Å². The number of hydrogen-bond acceptors (Lipinski definition) is 5. The van der Waals surface area contributed by atoms with Crippen molar-refractivity contribution >= 4 is 11.3 Å². The monoisotopic (exact) mass is 477 g/mol. The van der Waals surface area contributed by atoms with E-state index in [1.807, 2.05) is 0 Å². The maximum absolute atomic E-state index is 9.52. The molecule has 36 heavy (non-hydrogen) atoms. The maximum atomic E-state index is 9.52. The van der Waals surface area contributed by atoms with Gasteiger partial charge in [-0.1, -0.05) is 67.5 Å². The van der Waals surface area contributed by atoms with Crippen molar-refractivity contribution in [1.29, 1.82) is 10.5 Å². The third-order valence-corrected chi connectivity index (χ3v) is 10.3. The Hall–Kier alpha value is -3.44. The molecule has 0 saturated carbocycles. The standard InChI is InChI=1S/C31H35N5/c1-9-22-20(27-34-18(16-32)13-19(17-33)35-27)11-12-26-21-14-24-25(15-23(21)31(22,10-2)36-26)29(5,6)30(7,8)28(24,3)4/h11-15,22,36H,9-10H2,1-8H3. The SMILES string of the molecule is CCC1C(c2nc(C#N)cc(C#N)n2)=CC=C2NC1(CC)c1cc3c(cc12)C(C)(C)C(C)(C)C3(C)C. The Balaban J connectivity index is 1.77. The summed E-state index contributed by atoms with van der Waals surface area (Å²) in [5.41, 5.74) is 7.87. The smallest absolute Gasteiger partial charge is 0.158 e. The molecule has 2 unspecified atom stereocenters. The van der Waals surface area contributed by atoms with Gasteiger partial charge in [0.1, 0.15) is 23.5 Å². The Labute approximate surface area is 215 Å². The van der Waals surface area contributed by atoms with Gasteiger partial charge in [0.2, 0.25) is 0 Å². The molecule has 2 atom stereocenters. The van der Waals surface area contributed by atoms with Crippen LogP contribution in [0.2, 0.25) is 0 Å². The Morgan fingerprint density at radius 2 is 1.42 bits per heavy atom. The van der Waals surface area contributed by atoms with Crippen LogP contribution in [0, 0.1) is 34.0 Å². The predicted octanol–water partition coefficient (Wildman–Crippen LogP) is 6.49. The largest absolute Gasteiger partial charge is 0.374 e. The third-order valence-electron chi connectivity index (χ3n) is 10.3. The molecule has 184 valence electrons. The van der Waals surface area contributed by atoms with E-state index in [1.165, 1.54) is 28.3 Å². The first-order chi connectivity index (χ1) is 16.9. The number of nitrogens with one attached hydrogen (secondary N) is 1. The van der Waals surface area contributed by atoms with Gasteiger partial charge < -0.3 is 5.32 Å². The molecule has 1 N–H and O–H groups in total. The lowest BCUT2D eigenvalue weighted by atomic mass is 9.59. The van der Waals surface area contributed by atoms with Crippen LogP contribution in [0.15, 0.2) is 30.4 Å². The molecule has 5 nitrogen and oxygen atoms in total. The van der Waals surface area contributed by atoms with Crippen LogP contribution in [0.5, 0.6) is 0 Å². The average molecular weight is 478 g/mol. The summed E-state index contributed by atoms with van der Waals surface area (Å²) in [7, 11) is 0. The first-order valence-corrected chi connectivity index (χ1v) is 13.0. The number of aromatic nitrogens is 2. The van der Waals surface area contributed by atoms with Crippen LogP contribution in [-0.4, -0.2) is 9.97 Å². The van der Waals surface area contributed by atoms with E-state index in [1.54, 1.807) is 0 Å². The minimum absolute atomic E-state index is 0.0171. The van der Waals surface area contributed by atoms with E-state index in [2.05, 4.69) is 107 Å². The molecule has 3 heterocycles. The summed E-state index contributed by atoms with van der Waals surface area (Å²) in [6, 6.07) is 10.6. The molecule has 1 aromatic carbocycles.